The van der Waals surface area contributed by atoms with E-state index in [1.807, 2.05) is 0 Å². The maximum Gasteiger partial charge on any atom is 0.186 e. The molecule has 202 valence electrons. The van der Waals surface area contributed by atoms with E-state index in [1.165, 1.54) is 43.5 Å². The Morgan fingerprint density at radius 3 is 2.20 bits per heavy atom. The summed E-state index contributed by atoms with van der Waals surface area (Å²) >= 11 is 0. The molecule has 1 spiro atoms. The first-order valence-corrected chi connectivity index (χ1v) is 13.2. The van der Waals surface area contributed by atoms with E-state index in [0.717, 1.165) is 0 Å². The Morgan fingerprint density at radius 1 is 0.829 bits per heavy atom. The SMILES string of the molecule is COc1cccc(C(=O)[C@H]2[C@@H](c3ccc(F)cc3)C3(C(=O)c4ccccc4C3=O)[C@H]3C=Cc4cc(F)ccc4N23)c1. The summed E-state index contributed by atoms with van der Waals surface area (Å²) in [4.78, 5) is 45.5. The van der Waals surface area contributed by atoms with Gasteiger partial charge < -0.3 is 9.64 Å². The third-order valence-electron chi connectivity index (χ3n) is 8.62. The number of carbonyl (C=O) groups excluding carboxylic acids is 3. The average molecular weight is 548 g/mol. The van der Waals surface area contributed by atoms with Gasteiger partial charge in [-0.25, -0.2) is 8.78 Å². The van der Waals surface area contributed by atoms with Gasteiger partial charge >= 0.3 is 0 Å². The molecule has 0 radical (unpaired) electrons. The molecule has 41 heavy (non-hydrogen) atoms. The van der Waals surface area contributed by atoms with E-state index in [4.69, 9.17) is 4.74 Å². The van der Waals surface area contributed by atoms with Crippen LogP contribution in [0.4, 0.5) is 14.5 Å². The zero-order chi connectivity index (χ0) is 28.5. The fraction of sp³-hybridized carbons (Fsp3) is 0.147. The van der Waals surface area contributed by atoms with Gasteiger partial charge in [-0.3, -0.25) is 14.4 Å². The molecule has 0 aromatic heterocycles. The first-order valence-electron chi connectivity index (χ1n) is 13.2. The molecule has 0 amide bonds. The number of hydrogen-bond acceptors (Lipinski definition) is 5. The maximum absolute atomic E-state index is 14.6. The first kappa shape index (κ1) is 25.1. The van der Waals surface area contributed by atoms with Crippen LogP contribution in [0.3, 0.4) is 0 Å². The maximum atomic E-state index is 14.6. The number of halogens is 2. The molecule has 1 saturated heterocycles. The van der Waals surface area contributed by atoms with Gasteiger partial charge in [-0.2, -0.15) is 0 Å². The van der Waals surface area contributed by atoms with Gasteiger partial charge in [-0.1, -0.05) is 60.7 Å². The number of rotatable bonds is 4. The molecular formula is C34H23F2NO4. The van der Waals surface area contributed by atoms with Crippen molar-refractivity contribution >= 4 is 29.1 Å². The molecule has 2 heterocycles. The molecule has 3 atom stereocenters. The van der Waals surface area contributed by atoms with E-state index in [2.05, 4.69) is 0 Å². The van der Waals surface area contributed by atoms with Crippen LogP contribution in [0, 0.1) is 17.0 Å². The van der Waals surface area contributed by atoms with Crippen LogP contribution < -0.4 is 9.64 Å². The molecule has 0 saturated carbocycles. The Bertz CT molecular complexity index is 1760. The van der Waals surface area contributed by atoms with Crippen molar-refractivity contribution in [2.45, 2.75) is 18.0 Å². The molecule has 1 aliphatic carbocycles. The molecule has 7 heteroatoms. The minimum atomic E-state index is -1.72. The second kappa shape index (κ2) is 9.06. The Morgan fingerprint density at radius 2 is 1.51 bits per heavy atom. The summed E-state index contributed by atoms with van der Waals surface area (Å²) in [6.45, 7) is 0. The van der Waals surface area contributed by atoms with Gasteiger partial charge in [0, 0.05) is 33.9 Å². The van der Waals surface area contributed by atoms with Crippen LogP contribution in [0.2, 0.25) is 0 Å². The highest BCUT2D eigenvalue weighted by atomic mass is 19.1. The van der Waals surface area contributed by atoms with Gasteiger partial charge in [-0.15, -0.1) is 0 Å². The number of nitrogens with zero attached hydrogens (tertiary/aromatic N) is 1. The molecule has 0 N–H and O–H groups in total. The summed E-state index contributed by atoms with van der Waals surface area (Å²) in [5.74, 6) is -2.58. The third kappa shape index (κ3) is 3.41. The molecule has 3 aliphatic rings. The summed E-state index contributed by atoms with van der Waals surface area (Å²) in [6, 6.07) is 21.3. The van der Waals surface area contributed by atoms with Crippen LogP contribution in [0.25, 0.3) is 6.08 Å². The van der Waals surface area contributed by atoms with E-state index in [1.54, 1.807) is 71.6 Å². The standard InChI is InChI=1S/C34H23F2NO4/c1-41-24-6-4-5-21(18-24)31(38)30-29(19-9-12-22(35)13-10-19)34(32(39)25-7-2-3-8-26(25)33(34)40)28-16-11-20-17-23(36)14-15-27(20)37(28)30/h2-18,28-30H,1H3/t28-,29-,30-/m1/s1. The molecule has 0 bridgehead atoms. The average Bonchev–Trinajstić information content (AvgIpc) is 3.43. The number of ether oxygens (including phenoxy) is 1. The Labute approximate surface area is 234 Å². The lowest BCUT2D eigenvalue weighted by Gasteiger charge is -2.37. The fourth-order valence-electron chi connectivity index (χ4n) is 6.94. The Hall–Kier alpha value is -4.91. The highest BCUT2D eigenvalue weighted by molar-refractivity contribution is 6.32. The number of anilines is 1. The highest BCUT2D eigenvalue weighted by Gasteiger charge is 2.71. The molecule has 4 aromatic rings. The zero-order valence-corrected chi connectivity index (χ0v) is 21.9. The van der Waals surface area contributed by atoms with Crippen molar-refractivity contribution in [1.29, 1.82) is 0 Å². The van der Waals surface area contributed by atoms with Crippen molar-refractivity contribution < 1.29 is 27.9 Å². The second-order valence-corrected chi connectivity index (χ2v) is 10.6. The lowest BCUT2D eigenvalue weighted by molar-refractivity contribution is 0.0666. The quantitative estimate of drug-likeness (QED) is 0.222. The summed E-state index contributed by atoms with van der Waals surface area (Å²) in [5.41, 5.74) is 0.716. The van der Waals surface area contributed by atoms with Crippen LogP contribution in [-0.4, -0.2) is 36.5 Å². The number of carbonyl (C=O) groups is 3. The monoisotopic (exact) mass is 547 g/mol. The Balaban J connectivity index is 1.54. The van der Waals surface area contributed by atoms with Gasteiger partial charge in [0.25, 0.3) is 0 Å². The minimum Gasteiger partial charge on any atom is -0.497 e. The zero-order valence-electron chi connectivity index (χ0n) is 21.9. The molecule has 7 rings (SSSR count). The molecule has 1 fully saturated rings. The minimum absolute atomic E-state index is 0.289. The lowest BCUT2D eigenvalue weighted by Crippen LogP contribution is -2.48. The van der Waals surface area contributed by atoms with Crippen molar-refractivity contribution in [3.8, 4) is 5.75 Å². The number of Topliss-reactive ketones (excluding diaryl/α,β-unsaturated/α-hetero) is 3. The number of ketones is 3. The highest BCUT2D eigenvalue weighted by Crippen LogP contribution is 2.61. The Kier molecular flexibility index (Phi) is 5.54. The summed E-state index contributed by atoms with van der Waals surface area (Å²) in [7, 11) is 1.50. The van der Waals surface area contributed by atoms with Gasteiger partial charge in [0.1, 0.15) is 28.8 Å². The predicted molar refractivity (Wildman–Crippen MR) is 149 cm³/mol. The van der Waals surface area contributed by atoms with Gasteiger partial charge in [0.15, 0.2) is 17.3 Å². The number of benzene rings is 4. The topological polar surface area (TPSA) is 63.7 Å². The first-order chi connectivity index (χ1) is 19.9. The molecule has 0 unspecified atom stereocenters. The summed E-state index contributed by atoms with van der Waals surface area (Å²) < 4.78 is 33.9. The fourth-order valence-corrected chi connectivity index (χ4v) is 6.94. The molecular weight excluding hydrogens is 524 g/mol. The van der Waals surface area contributed by atoms with Crippen molar-refractivity contribution in [2.75, 3.05) is 12.0 Å². The number of methoxy groups -OCH3 is 1. The van der Waals surface area contributed by atoms with E-state index in [0.29, 0.717) is 28.1 Å². The van der Waals surface area contributed by atoms with Crippen LogP contribution in [0.5, 0.6) is 5.75 Å². The predicted octanol–water partition coefficient (Wildman–Crippen LogP) is 6.29. The largest absolute Gasteiger partial charge is 0.497 e. The van der Waals surface area contributed by atoms with E-state index in [-0.39, 0.29) is 16.9 Å². The van der Waals surface area contributed by atoms with Crippen LogP contribution in [0.1, 0.15) is 48.1 Å². The van der Waals surface area contributed by atoms with Crippen molar-refractivity contribution in [1.82, 2.24) is 0 Å². The van der Waals surface area contributed by atoms with E-state index >= 15 is 0 Å². The normalized spacial score (nSPS) is 21.5. The van der Waals surface area contributed by atoms with Crippen LogP contribution in [0.15, 0.2) is 97.1 Å². The summed E-state index contributed by atoms with van der Waals surface area (Å²) in [6.07, 6.45) is 3.42. The smallest absolute Gasteiger partial charge is 0.186 e. The molecule has 2 aliphatic heterocycles. The van der Waals surface area contributed by atoms with Crippen LogP contribution in [-0.2, 0) is 0 Å². The summed E-state index contributed by atoms with van der Waals surface area (Å²) in [5, 5.41) is 0. The van der Waals surface area contributed by atoms with Crippen molar-refractivity contribution in [3.63, 3.8) is 0 Å². The van der Waals surface area contributed by atoms with E-state index in [9.17, 15) is 23.2 Å². The number of hydrogen-bond donors (Lipinski definition) is 0. The molecule has 4 aromatic carbocycles. The third-order valence-corrected chi connectivity index (χ3v) is 8.62. The van der Waals surface area contributed by atoms with Gasteiger partial charge in [-0.05, 0) is 48.0 Å². The van der Waals surface area contributed by atoms with E-state index < -0.39 is 46.6 Å². The number of fused-ring (bicyclic) bond motifs is 5. The lowest BCUT2D eigenvalue weighted by atomic mass is 9.64. The van der Waals surface area contributed by atoms with Crippen molar-refractivity contribution in [3.05, 3.63) is 137 Å². The van der Waals surface area contributed by atoms with Gasteiger partial charge in [0.05, 0.1) is 13.2 Å². The van der Waals surface area contributed by atoms with Crippen molar-refractivity contribution in [2.24, 2.45) is 5.41 Å². The second-order valence-electron chi connectivity index (χ2n) is 10.6. The molecule has 5 nitrogen and oxygen atoms in total. The van der Waals surface area contributed by atoms with Gasteiger partial charge in [0.2, 0.25) is 0 Å². The van der Waals surface area contributed by atoms with Crippen LogP contribution >= 0.6 is 0 Å².